The van der Waals surface area contributed by atoms with E-state index in [0.29, 0.717) is 12.5 Å². The molecule has 0 radical (unpaired) electrons. The first-order valence-electron chi connectivity index (χ1n) is 6.67. The summed E-state index contributed by atoms with van der Waals surface area (Å²) in [6.07, 6.45) is 0. The summed E-state index contributed by atoms with van der Waals surface area (Å²) in [6, 6.07) is 14.3. The number of nitrogens with two attached hydrogens (primary N) is 1. The van der Waals surface area contributed by atoms with Crippen molar-refractivity contribution in [3.05, 3.63) is 59.2 Å². The van der Waals surface area contributed by atoms with Crippen molar-refractivity contribution in [1.82, 2.24) is 0 Å². The predicted octanol–water partition coefficient (Wildman–Crippen LogP) is 4.37. The number of hydrogen-bond donors (Lipinski definition) is 1. The summed E-state index contributed by atoms with van der Waals surface area (Å²) in [7, 11) is 0. The molecule has 0 fully saturated rings. The third-order valence-electron chi connectivity index (χ3n) is 3.24. The van der Waals surface area contributed by atoms with Crippen LogP contribution in [-0.2, 0) is 6.54 Å². The summed E-state index contributed by atoms with van der Waals surface area (Å²) in [5.41, 5.74) is 9.16. The highest BCUT2D eigenvalue weighted by molar-refractivity contribution is 5.41. The topological polar surface area (TPSA) is 35.2 Å². The maximum atomic E-state index is 5.99. The highest BCUT2D eigenvalue weighted by atomic mass is 16.5. The standard InChI is InChI=1S/C17H21NO/c1-12(2)15-8-7-13(3)17(10-15)19-16-6-4-5-14(9-16)11-18/h4-10,12H,11,18H2,1-3H3. The lowest BCUT2D eigenvalue weighted by Gasteiger charge is -2.13. The third kappa shape index (κ3) is 3.36. The zero-order valence-corrected chi connectivity index (χ0v) is 11.8. The van der Waals surface area contributed by atoms with Gasteiger partial charge in [0.05, 0.1) is 0 Å². The van der Waals surface area contributed by atoms with E-state index in [9.17, 15) is 0 Å². The normalized spacial score (nSPS) is 10.8. The van der Waals surface area contributed by atoms with Crippen LogP contribution in [0, 0.1) is 6.92 Å². The van der Waals surface area contributed by atoms with Crippen LogP contribution < -0.4 is 10.5 Å². The minimum absolute atomic E-state index is 0.498. The second-order valence-electron chi connectivity index (χ2n) is 5.13. The van der Waals surface area contributed by atoms with Gasteiger partial charge in [0, 0.05) is 6.54 Å². The molecule has 0 aliphatic heterocycles. The van der Waals surface area contributed by atoms with Crippen molar-refractivity contribution in [3.8, 4) is 11.5 Å². The maximum absolute atomic E-state index is 5.99. The molecule has 0 unspecified atom stereocenters. The van der Waals surface area contributed by atoms with Crippen LogP contribution in [-0.4, -0.2) is 0 Å². The summed E-state index contributed by atoms with van der Waals surface area (Å²) < 4.78 is 5.99. The Morgan fingerprint density at radius 2 is 1.89 bits per heavy atom. The molecule has 2 aromatic rings. The van der Waals surface area contributed by atoms with E-state index >= 15 is 0 Å². The molecule has 2 N–H and O–H groups in total. The molecular weight excluding hydrogens is 234 g/mol. The van der Waals surface area contributed by atoms with E-state index < -0.39 is 0 Å². The van der Waals surface area contributed by atoms with Crippen molar-refractivity contribution in [3.63, 3.8) is 0 Å². The summed E-state index contributed by atoms with van der Waals surface area (Å²) in [6.45, 7) is 6.96. The molecule has 2 nitrogen and oxygen atoms in total. The van der Waals surface area contributed by atoms with Crippen molar-refractivity contribution in [2.24, 2.45) is 5.73 Å². The summed E-state index contributed by atoms with van der Waals surface area (Å²) in [4.78, 5) is 0. The molecule has 0 bridgehead atoms. The summed E-state index contributed by atoms with van der Waals surface area (Å²) in [5, 5.41) is 0. The van der Waals surface area contributed by atoms with Crippen LogP contribution in [0.15, 0.2) is 42.5 Å². The van der Waals surface area contributed by atoms with Crippen molar-refractivity contribution in [2.45, 2.75) is 33.2 Å². The van der Waals surface area contributed by atoms with Crippen LogP contribution in [0.5, 0.6) is 11.5 Å². The van der Waals surface area contributed by atoms with E-state index in [2.05, 4.69) is 39.0 Å². The van der Waals surface area contributed by atoms with Gasteiger partial charge in [-0.3, -0.25) is 0 Å². The van der Waals surface area contributed by atoms with E-state index in [0.717, 1.165) is 22.6 Å². The van der Waals surface area contributed by atoms with E-state index in [-0.39, 0.29) is 0 Å². The Hall–Kier alpha value is -1.80. The summed E-state index contributed by atoms with van der Waals surface area (Å²) >= 11 is 0. The van der Waals surface area contributed by atoms with Crippen molar-refractivity contribution in [2.75, 3.05) is 0 Å². The number of benzene rings is 2. The Labute approximate surface area is 115 Å². The van der Waals surface area contributed by atoms with Gasteiger partial charge in [-0.15, -0.1) is 0 Å². The van der Waals surface area contributed by atoms with Gasteiger partial charge in [-0.05, 0) is 47.7 Å². The first kappa shape index (κ1) is 13.6. The fourth-order valence-corrected chi connectivity index (χ4v) is 1.95. The largest absolute Gasteiger partial charge is 0.457 e. The molecule has 0 spiro atoms. The van der Waals surface area contributed by atoms with E-state index in [1.807, 2.05) is 24.3 Å². The third-order valence-corrected chi connectivity index (χ3v) is 3.24. The second kappa shape index (κ2) is 5.89. The zero-order valence-electron chi connectivity index (χ0n) is 11.8. The lowest BCUT2D eigenvalue weighted by atomic mass is 10.0. The Kier molecular flexibility index (Phi) is 4.23. The first-order valence-corrected chi connectivity index (χ1v) is 6.67. The molecular formula is C17H21NO. The highest BCUT2D eigenvalue weighted by Crippen LogP contribution is 2.29. The molecule has 0 aliphatic carbocycles. The summed E-state index contributed by atoms with van der Waals surface area (Å²) in [5.74, 6) is 2.26. The minimum Gasteiger partial charge on any atom is -0.457 e. The van der Waals surface area contributed by atoms with Crippen LogP contribution in [0.25, 0.3) is 0 Å². The van der Waals surface area contributed by atoms with Gasteiger partial charge in [0.1, 0.15) is 11.5 Å². The number of ether oxygens (including phenoxy) is 1. The average molecular weight is 255 g/mol. The van der Waals surface area contributed by atoms with Gasteiger partial charge in [-0.25, -0.2) is 0 Å². The molecule has 2 heteroatoms. The van der Waals surface area contributed by atoms with Crippen LogP contribution in [0.2, 0.25) is 0 Å². The zero-order chi connectivity index (χ0) is 13.8. The molecule has 0 saturated heterocycles. The van der Waals surface area contributed by atoms with E-state index in [1.165, 1.54) is 5.56 Å². The van der Waals surface area contributed by atoms with Crippen molar-refractivity contribution < 1.29 is 4.74 Å². The van der Waals surface area contributed by atoms with E-state index in [1.54, 1.807) is 0 Å². The minimum atomic E-state index is 0.498. The van der Waals surface area contributed by atoms with Gasteiger partial charge in [-0.1, -0.05) is 38.1 Å². The highest BCUT2D eigenvalue weighted by Gasteiger charge is 2.06. The van der Waals surface area contributed by atoms with Crippen molar-refractivity contribution >= 4 is 0 Å². The molecule has 0 heterocycles. The van der Waals surface area contributed by atoms with Gasteiger partial charge < -0.3 is 10.5 Å². The molecule has 2 rings (SSSR count). The Bertz CT molecular complexity index is 561. The Morgan fingerprint density at radius 1 is 1.11 bits per heavy atom. The SMILES string of the molecule is Cc1ccc(C(C)C)cc1Oc1cccc(CN)c1. The quantitative estimate of drug-likeness (QED) is 0.880. The second-order valence-corrected chi connectivity index (χ2v) is 5.13. The molecule has 2 aromatic carbocycles. The maximum Gasteiger partial charge on any atom is 0.130 e. The van der Waals surface area contributed by atoms with Gasteiger partial charge in [0.15, 0.2) is 0 Å². The molecule has 0 amide bonds. The lowest BCUT2D eigenvalue weighted by molar-refractivity contribution is 0.477. The monoisotopic (exact) mass is 255 g/mol. The van der Waals surface area contributed by atoms with Crippen LogP contribution in [0.4, 0.5) is 0 Å². The smallest absolute Gasteiger partial charge is 0.130 e. The Morgan fingerprint density at radius 3 is 2.58 bits per heavy atom. The molecule has 19 heavy (non-hydrogen) atoms. The van der Waals surface area contributed by atoms with Crippen molar-refractivity contribution in [1.29, 1.82) is 0 Å². The number of hydrogen-bond acceptors (Lipinski definition) is 2. The molecule has 0 aliphatic rings. The van der Waals surface area contributed by atoms with Gasteiger partial charge >= 0.3 is 0 Å². The van der Waals surface area contributed by atoms with Crippen LogP contribution in [0.1, 0.15) is 36.5 Å². The molecule has 0 aromatic heterocycles. The Balaban J connectivity index is 2.29. The van der Waals surface area contributed by atoms with Gasteiger partial charge in [0.2, 0.25) is 0 Å². The van der Waals surface area contributed by atoms with Gasteiger partial charge in [0.25, 0.3) is 0 Å². The molecule has 0 saturated carbocycles. The predicted molar refractivity (Wildman–Crippen MR) is 79.7 cm³/mol. The average Bonchev–Trinajstić information content (AvgIpc) is 2.41. The first-order chi connectivity index (χ1) is 9.10. The number of rotatable bonds is 4. The fourth-order valence-electron chi connectivity index (χ4n) is 1.95. The van der Waals surface area contributed by atoms with Gasteiger partial charge in [-0.2, -0.15) is 0 Å². The molecule has 100 valence electrons. The van der Waals surface area contributed by atoms with Crippen LogP contribution in [0.3, 0.4) is 0 Å². The lowest BCUT2D eigenvalue weighted by Crippen LogP contribution is -1.97. The molecule has 0 atom stereocenters. The van der Waals surface area contributed by atoms with E-state index in [4.69, 9.17) is 10.5 Å². The van der Waals surface area contributed by atoms with Crippen LogP contribution >= 0.6 is 0 Å². The fraction of sp³-hybridized carbons (Fsp3) is 0.294. The number of aryl methyl sites for hydroxylation is 1.